The van der Waals surface area contributed by atoms with Gasteiger partial charge in [0.1, 0.15) is 11.6 Å². The molecule has 0 spiro atoms. The molecule has 3 aromatic rings. The lowest BCUT2D eigenvalue weighted by molar-refractivity contribution is -0.274. The molecule has 0 unspecified atom stereocenters. The molecule has 4 rings (SSSR count). The van der Waals surface area contributed by atoms with Gasteiger partial charge in [-0.1, -0.05) is 24.3 Å². The van der Waals surface area contributed by atoms with Crippen LogP contribution < -0.4 is 9.46 Å². The zero-order valence-electron chi connectivity index (χ0n) is 17.3. The molecular weight excluding hydrogens is 484 g/mol. The van der Waals surface area contributed by atoms with Crippen molar-refractivity contribution in [3.05, 3.63) is 83.2 Å². The van der Waals surface area contributed by atoms with Gasteiger partial charge in [0.15, 0.2) is 11.6 Å². The summed E-state index contributed by atoms with van der Waals surface area (Å²) in [5, 5.41) is -0.600. The molecule has 1 aliphatic rings. The van der Waals surface area contributed by atoms with Crippen molar-refractivity contribution in [2.24, 2.45) is 0 Å². The zero-order valence-corrected chi connectivity index (χ0v) is 18.1. The fraction of sp³-hybridized carbons (Fsp3) is 0.217. The maximum absolute atomic E-state index is 14.8. The Morgan fingerprint density at radius 3 is 2.12 bits per heavy atom. The molecule has 1 aliphatic carbocycles. The zero-order chi connectivity index (χ0) is 24.7. The van der Waals surface area contributed by atoms with Crippen molar-refractivity contribution in [3.8, 4) is 16.9 Å². The summed E-state index contributed by atoms with van der Waals surface area (Å²) in [5.74, 6) is -3.72. The van der Waals surface area contributed by atoms with Crippen molar-refractivity contribution in [2.75, 3.05) is 4.72 Å². The number of anilines is 1. The quantitative estimate of drug-likeness (QED) is 0.395. The Morgan fingerprint density at radius 2 is 1.53 bits per heavy atom. The molecule has 0 bridgehead atoms. The SMILES string of the molecule is O=S(=O)(Nc1ccc(F)c(F)c1Cc1ccc(-c2ccc(OC(F)(F)F)cc2)cc1F)C1CC1. The van der Waals surface area contributed by atoms with E-state index in [0.29, 0.717) is 24.0 Å². The number of benzene rings is 3. The van der Waals surface area contributed by atoms with E-state index >= 15 is 0 Å². The summed E-state index contributed by atoms with van der Waals surface area (Å²) in [6.45, 7) is 0. The van der Waals surface area contributed by atoms with E-state index in [-0.39, 0.29) is 16.8 Å². The van der Waals surface area contributed by atoms with Crippen LogP contribution in [0.5, 0.6) is 5.75 Å². The largest absolute Gasteiger partial charge is 0.573 e. The highest BCUT2D eigenvalue weighted by Gasteiger charge is 2.36. The van der Waals surface area contributed by atoms with Crippen LogP contribution >= 0.6 is 0 Å². The van der Waals surface area contributed by atoms with Gasteiger partial charge in [0.2, 0.25) is 10.0 Å². The number of halogens is 6. The topological polar surface area (TPSA) is 55.4 Å². The van der Waals surface area contributed by atoms with Crippen LogP contribution in [0.4, 0.5) is 32.0 Å². The molecule has 180 valence electrons. The molecule has 3 aromatic carbocycles. The summed E-state index contributed by atoms with van der Waals surface area (Å²) < 4.78 is 111. The Kier molecular flexibility index (Phi) is 6.24. The Labute approximate surface area is 191 Å². The number of alkyl halides is 3. The highest BCUT2D eigenvalue weighted by Crippen LogP contribution is 2.33. The van der Waals surface area contributed by atoms with Gasteiger partial charge >= 0.3 is 6.36 Å². The average molecular weight is 501 g/mol. The number of nitrogens with one attached hydrogen (secondary N) is 1. The van der Waals surface area contributed by atoms with Crippen molar-refractivity contribution in [2.45, 2.75) is 30.9 Å². The van der Waals surface area contributed by atoms with Gasteiger partial charge in [-0.15, -0.1) is 13.2 Å². The summed E-state index contributed by atoms with van der Waals surface area (Å²) in [4.78, 5) is 0. The number of sulfonamides is 1. The minimum Gasteiger partial charge on any atom is -0.406 e. The molecule has 0 saturated heterocycles. The molecule has 4 nitrogen and oxygen atoms in total. The van der Waals surface area contributed by atoms with Crippen molar-refractivity contribution in [1.29, 1.82) is 0 Å². The number of hydrogen-bond donors (Lipinski definition) is 1. The van der Waals surface area contributed by atoms with E-state index in [4.69, 9.17) is 0 Å². The molecular formula is C23H17F6NO3S. The van der Waals surface area contributed by atoms with E-state index < -0.39 is 51.3 Å². The minimum absolute atomic E-state index is 0.0304. The van der Waals surface area contributed by atoms with Crippen LogP contribution in [0.2, 0.25) is 0 Å². The Hall–Kier alpha value is -3.21. The van der Waals surface area contributed by atoms with E-state index in [1.54, 1.807) is 0 Å². The predicted octanol–water partition coefficient (Wildman–Crippen LogP) is 6.16. The smallest absolute Gasteiger partial charge is 0.406 e. The summed E-state index contributed by atoms with van der Waals surface area (Å²) in [6.07, 6.45) is -4.34. The Bertz CT molecular complexity index is 1320. The van der Waals surface area contributed by atoms with Gasteiger partial charge in [0.25, 0.3) is 0 Å². The molecule has 0 aromatic heterocycles. The molecule has 1 N–H and O–H groups in total. The van der Waals surface area contributed by atoms with Gasteiger partial charge < -0.3 is 4.74 Å². The number of ether oxygens (including phenoxy) is 1. The normalized spacial score (nSPS) is 14.2. The lowest BCUT2D eigenvalue weighted by Crippen LogP contribution is -2.19. The molecule has 11 heteroatoms. The van der Waals surface area contributed by atoms with Crippen molar-refractivity contribution in [1.82, 2.24) is 0 Å². The van der Waals surface area contributed by atoms with Crippen molar-refractivity contribution >= 4 is 15.7 Å². The van der Waals surface area contributed by atoms with Crippen LogP contribution in [0.3, 0.4) is 0 Å². The molecule has 0 amide bonds. The monoisotopic (exact) mass is 501 g/mol. The van der Waals surface area contributed by atoms with Crippen LogP contribution in [-0.4, -0.2) is 20.0 Å². The summed E-state index contributed by atoms with van der Waals surface area (Å²) >= 11 is 0. The van der Waals surface area contributed by atoms with E-state index in [1.807, 2.05) is 0 Å². The Morgan fingerprint density at radius 1 is 0.882 bits per heavy atom. The van der Waals surface area contributed by atoms with Gasteiger partial charge in [-0.3, -0.25) is 4.72 Å². The number of rotatable bonds is 7. The van der Waals surface area contributed by atoms with Gasteiger partial charge in [-0.25, -0.2) is 21.6 Å². The second-order valence-corrected chi connectivity index (χ2v) is 9.75. The third kappa shape index (κ3) is 5.46. The molecule has 0 aliphatic heterocycles. The second-order valence-electron chi connectivity index (χ2n) is 7.79. The highest BCUT2D eigenvalue weighted by atomic mass is 32.2. The maximum atomic E-state index is 14.8. The van der Waals surface area contributed by atoms with Gasteiger partial charge in [-0.2, -0.15) is 0 Å². The third-order valence-corrected chi connectivity index (χ3v) is 7.11. The first-order chi connectivity index (χ1) is 15.9. The van der Waals surface area contributed by atoms with E-state index in [0.717, 1.165) is 30.3 Å². The Balaban J connectivity index is 1.59. The van der Waals surface area contributed by atoms with E-state index in [2.05, 4.69) is 9.46 Å². The molecule has 0 atom stereocenters. The minimum atomic E-state index is -4.84. The predicted molar refractivity (Wildman–Crippen MR) is 113 cm³/mol. The van der Waals surface area contributed by atoms with E-state index in [9.17, 15) is 34.8 Å². The van der Waals surface area contributed by atoms with Crippen LogP contribution in [0.1, 0.15) is 24.0 Å². The number of hydrogen-bond acceptors (Lipinski definition) is 3. The fourth-order valence-corrected chi connectivity index (χ4v) is 4.81. The third-order valence-electron chi connectivity index (χ3n) is 5.25. The van der Waals surface area contributed by atoms with Crippen LogP contribution in [0.25, 0.3) is 11.1 Å². The molecule has 0 radical (unpaired) electrons. The molecule has 34 heavy (non-hydrogen) atoms. The van der Waals surface area contributed by atoms with E-state index in [1.165, 1.54) is 24.3 Å². The highest BCUT2D eigenvalue weighted by molar-refractivity contribution is 7.93. The average Bonchev–Trinajstić information content (AvgIpc) is 3.60. The first kappa shape index (κ1) is 23.9. The maximum Gasteiger partial charge on any atom is 0.573 e. The standard InChI is InChI=1S/C23H17F6NO3S/c24-19-9-10-21(30-34(31,32)17-7-8-17)18(22(19)26)11-15-2-1-14(12-20(15)25)13-3-5-16(6-4-13)33-23(27,28)29/h1-6,9-10,12,17,30H,7-8,11H2. The van der Waals surface area contributed by atoms with Crippen LogP contribution in [-0.2, 0) is 16.4 Å². The summed E-state index contributed by atoms with van der Waals surface area (Å²) in [5.41, 5.74) is 0.181. The lowest BCUT2D eigenvalue weighted by Gasteiger charge is -2.15. The summed E-state index contributed by atoms with van der Waals surface area (Å²) in [6, 6.07) is 10.5. The van der Waals surface area contributed by atoms with Gasteiger partial charge in [0, 0.05) is 12.0 Å². The lowest BCUT2D eigenvalue weighted by atomic mass is 9.98. The molecule has 1 fully saturated rings. The second kappa shape index (κ2) is 8.86. The molecule has 1 saturated carbocycles. The first-order valence-electron chi connectivity index (χ1n) is 10.1. The van der Waals surface area contributed by atoms with Crippen LogP contribution in [0, 0.1) is 17.5 Å². The van der Waals surface area contributed by atoms with Crippen molar-refractivity contribution < 1.29 is 39.5 Å². The summed E-state index contributed by atoms with van der Waals surface area (Å²) in [7, 11) is -3.77. The van der Waals surface area contributed by atoms with Gasteiger partial charge in [0.05, 0.1) is 10.9 Å². The fourth-order valence-electron chi connectivity index (χ4n) is 3.39. The van der Waals surface area contributed by atoms with Crippen molar-refractivity contribution in [3.63, 3.8) is 0 Å². The van der Waals surface area contributed by atoms with Gasteiger partial charge in [-0.05, 0) is 59.9 Å². The first-order valence-corrected chi connectivity index (χ1v) is 11.6. The molecule has 0 heterocycles. The van der Waals surface area contributed by atoms with Crippen LogP contribution in [0.15, 0.2) is 54.6 Å².